The first-order valence-corrected chi connectivity index (χ1v) is 10.3. The van der Waals surface area contributed by atoms with Gasteiger partial charge >= 0.3 is 0 Å². The fourth-order valence-corrected chi connectivity index (χ4v) is 3.07. The van der Waals surface area contributed by atoms with Gasteiger partial charge in [0, 0.05) is 31.6 Å². The van der Waals surface area contributed by atoms with Crippen molar-refractivity contribution in [2.75, 3.05) is 26.3 Å². The van der Waals surface area contributed by atoms with Gasteiger partial charge in [-0.05, 0) is 44.9 Å². The first kappa shape index (κ1) is 24.2. The Morgan fingerprint density at radius 2 is 1.97 bits per heavy atom. The molecule has 166 valence electrons. The van der Waals surface area contributed by atoms with E-state index in [0.29, 0.717) is 19.8 Å². The minimum atomic E-state index is -0.0754. The molecule has 0 amide bonds. The zero-order chi connectivity index (χ0) is 20.7. The Morgan fingerprint density at radius 1 is 1.20 bits per heavy atom. The molecule has 0 saturated carbocycles. The zero-order valence-electron chi connectivity index (χ0n) is 18.3. The largest absolute Gasteiger partial charge is 0.486 e. The van der Waals surface area contributed by atoms with Crippen LogP contribution < -0.4 is 20.1 Å². The lowest BCUT2D eigenvalue weighted by Gasteiger charge is -2.24. The topological polar surface area (TPSA) is 85.6 Å². The van der Waals surface area contributed by atoms with Crippen LogP contribution in [0.4, 0.5) is 0 Å². The normalized spacial score (nSPS) is 13.5. The molecule has 2 N–H and O–H groups in total. The Morgan fingerprint density at radius 3 is 2.70 bits per heavy atom. The Kier molecular flexibility index (Phi) is 9.19. The van der Waals surface area contributed by atoms with Crippen molar-refractivity contribution in [1.29, 1.82) is 0 Å². The average Bonchev–Trinajstić information content (AvgIpc) is 3.14. The average molecular weight is 528 g/mol. The van der Waals surface area contributed by atoms with E-state index in [9.17, 15) is 0 Å². The van der Waals surface area contributed by atoms with Crippen LogP contribution in [-0.2, 0) is 19.4 Å². The van der Waals surface area contributed by atoms with Crippen LogP contribution in [0, 0.1) is 0 Å². The van der Waals surface area contributed by atoms with Crippen LogP contribution in [-0.4, -0.2) is 52.6 Å². The van der Waals surface area contributed by atoms with Crippen LogP contribution in [0.2, 0.25) is 0 Å². The highest BCUT2D eigenvalue weighted by Gasteiger charge is 2.13. The highest BCUT2D eigenvalue weighted by Crippen LogP contribution is 2.30. The van der Waals surface area contributed by atoms with Gasteiger partial charge in [-0.3, -0.25) is 4.99 Å². The van der Waals surface area contributed by atoms with Crippen molar-refractivity contribution >= 4 is 29.9 Å². The maximum atomic E-state index is 5.67. The van der Waals surface area contributed by atoms with Gasteiger partial charge in [0.05, 0.1) is 0 Å². The number of fused-ring (bicyclic) bond motifs is 1. The standard InChI is InChI=1S/C21H32N6O2.HI/c1-5-19-26-24-15-27(19)11-10-23-20(25-21(2,3)4)22-9-8-16-6-7-17-18(14-16)29-13-12-28-17;/h6-7,14-15H,5,8-13H2,1-4H3,(H2,22,23,25);1H. The fourth-order valence-electron chi connectivity index (χ4n) is 3.07. The number of hydrogen-bond acceptors (Lipinski definition) is 5. The summed E-state index contributed by atoms with van der Waals surface area (Å²) in [5, 5.41) is 15.0. The van der Waals surface area contributed by atoms with Gasteiger partial charge in [-0.2, -0.15) is 0 Å². The molecule has 0 bridgehead atoms. The molecule has 2 aromatic rings. The van der Waals surface area contributed by atoms with Crippen LogP contribution in [0.25, 0.3) is 0 Å². The maximum Gasteiger partial charge on any atom is 0.191 e. The minimum Gasteiger partial charge on any atom is -0.486 e. The molecule has 0 saturated heterocycles. The van der Waals surface area contributed by atoms with E-state index < -0.39 is 0 Å². The van der Waals surface area contributed by atoms with E-state index in [1.807, 2.05) is 12.1 Å². The molecule has 1 aliphatic rings. The van der Waals surface area contributed by atoms with E-state index in [1.165, 1.54) is 5.56 Å². The third-order valence-corrected chi connectivity index (χ3v) is 4.43. The number of rotatable bonds is 7. The molecule has 0 atom stereocenters. The molecule has 0 radical (unpaired) electrons. The third kappa shape index (κ3) is 7.33. The van der Waals surface area contributed by atoms with Gasteiger partial charge < -0.3 is 24.7 Å². The van der Waals surface area contributed by atoms with Crippen molar-refractivity contribution in [2.45, 2.75) is 52.6 Å². The number of aliphatic imine (C=N–C) groups is 1. The lowest BCUT2D eigenvalue weighted by Crippen LogP contribution is -2.48. The fraction of sp³-hybridized carbons (Fsp3) is 0.571. The number of aryl methyl sites for hydroxylation is 1. The smallest absolute Gasteiger partial charge is 0.191 e. The summed E-state index contributed by atoms with van der Waals surface area (Å²) < 4.78 is 13.3. The number of halogens is 1. The van der Waals surface area contributed by atoms with Crippen LogP contribution in [0.1, 0.15) is 39.1 Å². The molecule has 30 heavy (non-hydrogen) atoms. The summed E-state index contributed by atoms with van der Waals surface area (Å²) >= 11 is 0. The molecule has 8 nitrogen and oxygen atoms in total. The van der Waals surface area contributed by atoms with Crippen LogP contribution in [0.5, 0.6) is 11.5 Å². The molecule has 0 unspecified atom stereocenters. The van der Waals surface area contributed by atoms with Crippen LogP contribution in [0.3, 0.4) is 0 Å². The van der Waals surface area contributed by atoms with Crippen molar-refractivity contribution in [1.82, 2.24) is 25.4 Å². The highest BCUT2D eigenvalue weighted by molar-refractivity contribution is 14.0. The summed E-state index contributed by atoms with van der Waals surface area (Å²) in [6, 6.07) is 6.10. The van der Waals surface area contributed by atoms with Crippen molar-refractivity contribution in [3.8, 4) is 11.5 Å². The molecular weight excluding hydrogens is 495 g/mol. The zero-order valence-corrected chi connectivity index (χ0v) is 20.6. The van der Waals surface area contributed by atoms with Gasteiger partial charge in [0.1, 0.15) is 25.4 Å². The summed E-state index contributed by atoms with van der Waals surface area (Å²) in [5.41, 5.74) is 1.11. The van der Waals surface area contributed by atoms with Crippen LogP contribution in [0.15, 0.2) is 29.5 Å². The van der Waals surface area contributed by atoms with E-state index in [0.717, 1.165) is 49.2 Å². The molecule has 9 heteroatoms. The quantitative estimate of drug-likeness (QED) is 0.327. The predicted molar refractivity (Wildman–Crippen MR) is 129 cm³/mol. The summed E-state index contributed by atoms with van der Waals surface area (Å²) in [5.74, 6) is 3.44. The molecule has 1 aliphatic heterocycles. The molecule has 0 spiro atoms. The molecule has 0 fully saturated rings. The first-order chi connectivity index (χ1) is 13.9. The van der Waals surface area contributed by atoms with Crippen molar-refractivity contribution in [3.05, 3.63) is 35.9 Å². The lowest BCUT2D eigenvalue weighted by atomic mass is 10.1. The van der Waals surface area contributed by atoms with Gasteiger partial charge in [-0.15, -0.1) is 34.2 Å². The van der Waals surface area contributed by atoms with E-state index in [4.69, 9.17) is 14.5 Å². The number of hydrogen-bond donors (Lipinski definition) is 2. The van der Waals surface area contributed by atoms with Crippen molar-refractivity contribution in [2.24, 2.45) is 4.99 Å². The number of nitrogens with one attached hydrogen (secondary N) is 2. The van der Waals surface area contributed by atoms with E-state index in [-0.39, 0.29) is 29.5 Å². The number of aromatic nitrogens is 3. The third-order valence-electron chi connectivity index (χ3n) is 4.43. The van der Waals surface area contributed by atoms with Crippen LogP contribution >= 0.6 is 24.0 Å². The van der Waals surface area contributed by atoms with Gasteiger partial charge in [-0.1, -0.05) is 13.0 Å². The van der Waals surface area contributed by atoms with Gasteiger partial charge in [0.15, 0.2) is 17.5 Å². The van der Waals surface area contributed by atoms with Gasteiger partial charge in [0.25, 0.3) is 0 Å². The predicted octanol–water partition coefficient (Wildman–Crippen LogP) is 2.81. The van der Waals surface area contributed by atoms with E-state index in [1.54, 1.807) is 6.33 Å². The number of guanidine groups is 1. The Bertz CT molecular complexity index is 831. The summed E-state index contributed by atoms with van der Waals surface area (Å²) in [6.45, 7) is 11.9. The molecule has 0 aliphatic carbocycles. The minimum absolute atomic E-state index is 0. The summed E-state index contributed by atoms with van der Waals surface area (Å²) in [6.07, 6.45) is 3.48. The lowest BCUT2D eigenvalue weighted by molar-refractivity contribution is 0.171. The SMILES string of the molecule is CCc1nncn1CCNC(=NCCc1ccc2c(c1)OCCO2)NC(C)(C)C.I. The number of ether oxygens (including phenoxy) is 2. The first-order valence-electron chi connectivity index (χ1n) is 10.3. The van der Waals surface area contributed by atoms with Gasteiger partial charge in [-0.25, -0.2) is 0 Å². The highest BCUT2D eigenvalue weighted by atomic mass is 127. The second-order valence-corrected chi connectivity index (χ2v) is 8.05. The number of nitrogens with zero attached hydrogens (tertiary/aromatic N) is 4. The molecule has 2 heterocycles. The van der Waals surface area contributed by atoms with Crippen molar-refractivity contribution in [3.63, 3.8) is 0 Å². The molecule has 1 aromatic heterocycles. The van der Waals surface area contributed by atoms with E-state index >= 15 is 0 Å². The monoisotopic (exact) mass is 528 g/mol. The van der Waals surface area contributed by atoms with Gasteiger partial charge in [0.2, 0.25) is 0 Å². The molecule has 3 rings (SSSR count). The second kappa shape index (κ2) is 11.4. The van der Waals surface area contributed by atoms with E-state index in [2.05, 4.69) is 59.2 Å². The summed E-state index contributed by atoms with van der Waals surface area (Å²) in [4.78, 5) is 4.76. The number of benzene rings is 1. The second-order valence-electron chi connectivity index (χ2n) is 8.05. The summed E-state index contributed by atoms with van der Waals surface area (Å²) in [7, 11) is 0. The Balaban J connectivity index is 0.00000320. The van der Waals surface area contributed by atoms with Crippen molar-refractivity contribution < 1.29 is 9.47 Å². The Hall–Kier alpha value is -2.04. The molecular formula is C21H33IN6O2. The Labute approximate surface area is 195 Å². The molecule has 1 aromatic carbocycles. The maximum absolute atomic E-state index is 5.67.